The molecular weight excluding hydrogens is 198 g/mol. The molecule has 3 N–H and O–H groups in total. The molecule has 1 aliphatic rings. The predicted octanol–water partition coefficient (Wildman–Crippen LogP) is 0.0177. The zero-order valence-electron chi connectivity index (χ0n) is 7.96. The van der Waals surface area contributed by atoms with Gasteiger partial charge in [-0.05, 0) is 18.9 Å². The first-order valence-corrected chi connectivity index (χ1v) is 4.67. The van der Waals surface area contributed by atoms with Gasteiger partial charge in [0.1, 0.15) is 5.69 Å². The zero-order chi connectivity index (χ0) is 11.0. The highest BCUT2D eigenvalue weighted by atomic mass is 16.4. The van der Waals surface area contributed by atoms with Gasteiger partial charge >= 0.3 is 5.97 Å². The van der Waals surface area contributed by atoms with Crippen molar-refractivity contribution in [1.82, 2.24) is 9.78 Å². The predicted molar refractivity (Wildman–Crippen MR) is 50.1 cm³/mol. The molecule has 1 heterocycles. The van der Waals surface area contributed by atoms with Crippen LogP contribution in [0.3, 0.4) is 0 Å². The quantitative estimate of drug-likeness (QED) is 0.732. The Morgan fingerprint density at radius 3 is 2.67 bits per heavy atom. The number of nitrogens with zero attached hydrogens (tertiary/aromatic N) is 2. The Morgan fingerprint density at radius 2 is 2.27 bits per heavy atom. The topological polar surface area (TPSA) is 98.2 Å². The Balaban J connectivity index is 2.16. The molecule has 80 valence electrons. The van der Waals surface area contributed by atoms with E-state index in [-0.39, 0.29) is 11.7 Å². The molecule has 1 aromatic heterocycles. The third kappa shape index (κ3) is 1.58. The van der Waals surface area contributed by atoms with E-state index in [1.807, 2.05) is 0 Å². The number of rotatable bonds is 3. The summed E-state index contributed by atoms with van der Waals surface area (Å²) in [5, 5.41) is 12.8. The second-order valence-corrected chi connectivity index (χ2v) is 3.63. The number of aliphatic carboxylic acids is 1. The lowest BCUT2D eigenvalue weighted by Gasteiger charge is -2.33. The minimum Gasteiger partial charge on any atom is -0.481 e. The Labute approximate surface area is 85.7 Å². The number of aromatic nitrogens is 2. The molecule has 6 heteroatoms. The molecule has 0 spiro atoms. The molecule has 0 bridgehead atoms. The summed E-state index contributed by atoms with van der Waals surface area (Å²) >= 11 is 0. The normalized spacial score (nSPS) is 24.5. The SMILES string of the molecule is NC(=O)c1ccn(C2CCC2C(=O)O)n1. The summed E-state index contributed by atoms with van der Waals surface area (Å²) < 4.78 is 1.52. The highest BCUT2D eigenvalue weighted by Crippen LogP contribution is 2.38. The molecule has 0 radical (unpaired) electrons. The van der Waals surface area contributed by atoms with Crippen LogP contribution >= 0.6 is 0 Å². The lowest BCUT2D eigenvalue weighted by atomic mass is 9.80. The highest BCUT2D eigenvalue weighted by molar-refractivity contribution is 5.90. The largest absolute Gasteiger partial charge is 0.481 e. The number of carbonyl (C=O) groups is 2. The van der Waals surface area contributed by atoms with Crippen LogP contribution in [0.25, 0.3) is 0 Å². The standard InChI is InChI=1S/C9H11N3O3/c10-8(13)6-3-4-12(11-6)7-2-1-5(7)9(14)15/h3-5,7H,1-2H2,(H2,10,13)(H,14,15). The van der Waals surface area contributed by atoms with Crippen LogP contribution in [0, 0.1) is 5.92 Å². The third-order valence-corrected chi connectivity index (χ3v) is 2.76. The van der Waals surface area contributed by atoms with Gasteiger partial charge in [0, 0.05) is 6.20 Å². The van der Waals surface area contributed by atoms with Crippen molar-refractivity contribution >= 4 is 11.9 Å². The highest BCUT2D eigenvalue weighted by Gasteiger charge is 2.38. The Morgan fingerprint density at radius 1 is 1.53 bits per heavy atom. The number of hydrogen-bond acceptors (Lipinski definition) is 3. The molecule has 6 nitrogen and oxygen atoms in total. The van der Waals surface area contributed by atoms with E-state index in [2.05, 4.69) is 5.10 Å². The number of nitrogens with two attached hydrogens (primary N) is 1. The van der Waals surface area contributed by atoms with Crippen molar-refractivity contribution in [2.24, 2.45) is 11.7 Å². The number of primary amides is 1. The summed E-state index contributed by atoms with van der Waals surface area (Å²) in [6, 6.07) is 1.36. The van der Waals surface area contributed by atoms with Gasteiger partial charge in [0.25, 0.3) is 5.91 Å². The summed E-state index contributed by atoms with van der Waals surface area (Å²) in [4.78, 5) is 21.6. The van der Waals surface area contributed by atoms with E-state index < -0.39 is 17.8 Å². The van der Waals surface area contributed by atoms with Crippen LogP contribution in [-0.4, -0.2) is 26.8 Å². The van der Waals surface area contributed by atoms with Crippen LogP contribution < -0.4 is 5.73 Å². The molecule has 1 amide bonds. The number of amides is 1. The van der Waals surface area contributed by atoms with Crippen LogP contribution in [-0.2, 0) is 4.79 Å². The van der Waals surface area contributed by atoms with Gasteiger partial charge < -0.3 is 10.8 Å². The first-order valence-electron chi connectivity index (χ1n) is 4.67. The monoisotopic (exact) mass is 209 g/mol. The fourth-order valence-electron chi connectivity index (χ4n) is 1.74. The van der Waals surface area contributed by atoms with Crippen LogP contribution in [0.5, 0.6) is 0 Å². The van der Waals surface area contributed by atoms with Gasteiger partial charge in [0.15, 0.2) is 0 Å². The van der Waals surface area contributed by atoms with Crippen molar-refractivity contribution in [2.45, 2.75) is 18.9 Å². The molecule has 2 rings (SSSR count). The Bertz CT molecular complexity index is 412. The van der Waals surface area contributed by atoms with E-state index in [0.29, 0.717) is 6.42 Å². The molecule has 0 aromatic carbocycles. The third-order valence-electron chi connectivity index (χ3n) is 2.76. The van der Waals surface area contributed by atoms with E-state index in [1.54, 1.807) is 6.20 Å². The number of carboxylic acid groups (broad SMARTS) is 1. The van der Waals surface area contributed by atoms with Crippen LogP contribution in [0.15, 0.2) is 12.3 Å². The van der Waals surface area contributed by atoms with Gasteiger partial charge in [-0.15, -0.1) is 0 Å². The van der Waals surface area contributed by atoms with Crippen molar-refractivity contribution in [3.63, 3.8) is 0 Å². The summed E-state index contributed by atoms with van der Waals surface area (Å²) in [5.74, 6) is -1.81. The van der Waals surface area contributed by atoms with Gasteiger partial charge in [-0.3, -0.25) is 14.3 Å². The minimum atomic E-state index is -0.817. The molecule has 1 aromatic rings. The lowest BCUT2D eigenvalue weighted by Crippen LogP contribution is -2.35. The molecular formula is C9H11N3O3. The molecule has 0 saturated heterocycles. The molecule has 1 fully saturated rings. The summed E-state index contributed by atoms with van der Waals surface area (Å²) in [7, 11) is 0. The molecule has 2 unspecified atom stereocenters. The van der Waals surface area contributed by atoms with Gasteiger partial charge in [-0.2, -0.15) is 5.10 Å². The van der Waals surface area contributed by atoms with Gasteiger partial charge in [-0.25, -0.2) is 0 Å². The lowest BCUT2D eigenvalue weighted by molar-refractivity contribution is -0.147. The first kappa shape index (κ1) is 9.70. The second-order valence-electron chi connectivity index (χ2n) is 3.63. The zero-order valence-corrected chi connectivity index (χ0v) is 7.96. The van der Waals surface area contributed by atoms with Crippen molar-refractivity contribution in [3.05, 3.63) is 18.0 Å². The second kappa shape index (κ2) is 3.38. The fraction of sp³-hybridized carbons (Fsp3) is 0.444. The Hall–Kier alpha value is -1.85. The van der Waals surface area contributed by atoms with Crippen molar-refractivity contribution in [3.8, 4) is 0 Å². The maximum atomic E-state index is 10.8. The fourth-order valence-corrected chi connectivity index (χ4v) is 1.74. The number of carbonyl (C=O) groups excluding carboxylic acids is 1. The van der Waals surface area contributed by atoms with Gasteiger partial charge in [-0.1, -0.05) is 0 Å². The van der Waals surface area contributed by atoms with Crippen LogP contribution in [0.4, 0.5) is 0 Å². The van der Waals surface area contributed by atoms with Crippen molar-refractivity contribution in [2.75, 3.05) is 0 Å². The number of hydrogen-bond donors (Lipinski definition) is 2. The average molecular weight is 209 g/mol. The molecule has 0 aliphatic heterocycles. The summed E-state index contributed by atoms with van der Waals surface area (Å²) in [6.07, 6.45) is 3.03. The van der Waals surface area contributed by atoms with E-state index >= 15 is 0 Å². The summed E-state index contributed by atoms with van der Waals surface area (Å²) in [5.41, 5.74) is 5.22. The smallest absolute Gasteiger partial charge is 0.308 e. The van der Waals surface area contributed by atoms with Crippen LogP contribution in [0.1, 0.15) is 29.4 Å². The van der Waals surface area contributed by atoms with E-state index in [9.17, 15) is 9.59 Å². The van der Waals surface area contributed by atoms with E-state index in [0.717, 1.165) is 6.42 Å². The molecule has 2 atom stereocenters. The van der Waals surface area contributed by atoms with Gasteiger partial charge in [0.05, 0.1) is 12.0 Å². The molecule has 1 saturated carbocycles. The van der Waals surface area contributed by atoms with Gasteiger partial charge in [0.2, 0.25) is 0 Å². The van der Waals surface area contributed by atoms with Crippen molar-refractivity contribution < 1.29 is 14.7 Å². The first-order chi connectivity index (χ1) is 7.09. The average Bonchev–Trinajstić information content (AvgIpc) is 2.49. The van der Waals surface area contributed by atoms with E-state index in [1.165, 1.54) is 10.7 Å². The maximum Gasteiger partial charge on any atom is 0.308 e. The minimum absolute atomic E-state index is 0.143. The summed E-state index contributed by atoms with van der Waals surface area (Å²) in [6.45, 7) is 0. The van der Waals surface area contributed by atoms with Crippen LogP contribution in [0.2, 0.25) is 0 Å². The van der Waals surface area contributed by atoms with E-state index in [4.69, 9.17) is 10.8 Å². The molecule has 15 heavy (non-hydrogen) atoms. The number of carboxylic acids is 1. The molecule has 1 aliphatic carbocycles. The Kier molecular flexibility index (Phi) is 2.18. The maximum absolute atomic E-state index is 10.8. The van der Waals surface area contributed by atoms with Crippen molar-refractivity contribution in [1.29, 1.82) is 0 Å².